The highest BCUT2D eigenvalue weighted by Crippen LogP contribution is 2.44. The third kappa shape index (κ3) is 7.48. The topological polar surface area (TPSA) is 125 Å². The number of rotatable bonds is 12. The zero-order valence-corrected chi connectivity index (χ0v) is 30.4. The summed E-state index contributed by atoms with van der Waals surface area (Å²) >= 11 is 3.30. The molecule has 1 aliphatic heterocycles. The molecule has 1 aliphatic rings. The smallest absolute Gasteiger partial charge is 0.265 e. The van der Waals surface area contributed by atoms with E-state index < -0.39 is 20.2 Å². The van der Waals surface area contributed by atoms with Gasteiger partial charge in [0.1, 0.15) is 4.70 Å². The second-order valence-electron chi connectivity index (χ2n) is 12.1. The Morgan fingerprint density at radius 1 is 0.840 bits per heavy atom. The molecule has 4 aromatic carbocycles. The van der Waals surface area contributed by atoms with Crippen LogP contribution in [0.3, 0.4) is 0 Å². The fourth-order valence-electron chi connectivity index (χ4n) is 6.29. The lowest BCUT2D eigenvalue weighted by Gasteiger charge is -2.19. The van der Waals surface area contributed by atoms with E-state index in [1.807, 2.05) is 60.4 Å². The van der Waals surface area contributed by atoms with E-state index in [9.17, 15) is 25.9 Å². The maximum atomic E-state index is 11.6. The Hall–Kier alpha value is -4.11. The summed E-state index contributed by atoms with van der Waals surface area (Å²) < 4.78 is 76.2. The van der Waals surface area contributed by atoms with E-state index in [0.717, 1.165) is 53.1 Å². The normalized spacial score (nSPS) is 14.7. The van der Waals surface area contributed by atoms with E-state index in [-0.39, 0.29) is 24.3 Å². The molecule has 50 heavy (non-hydrogen) atoms. The molecule has 3 heterocycles. The van der Waals surface area contributed by atoms with Crippen molar-refractivity contribution in [1.29, 1.82) is 0 Å². The van der Waals surface area contributed by atoms with Gasteiger partial charge in [-0.15, -0.1) is 11.3 Å². The highest BCUT2D eigenvalue weighted by Gasteiger charge is 2.28. The zero-order chi connectivity index (χ0) is 35.0. The molecule has 7 rings (SSSR count). The number of hydrogen-bond acceptors (Lipinski definition) is 8. The first-order valence-electron chi connectivity index (χ1n) is 16.2. The second kappa shape index (κ2) is 13.9. The van der Waals surface area contributed by atoms with E-state index in [1.54, 1.807) is 22.7 Å². The molecule has 0 fully saturated rings. The maximum absolute atomic E-state index is 11.6. The van der Waals surface area contributed by atoms with Crippen molar-refractivity contribution in [2.45, 2.75) is 32.7 Å². The monoisotopic (exact) mass is 747 g/mol. The second-order valence-corrected chi connectivity index (χ2v) is 17.4. The summed E-state index contributed by atoms with van der Waals surface area (Å²) in [5.74, 6) is 0.473. The van der Waals surface area contributed by atoms with Crippen LogP contribution in [0.25, 0.3) is 47.6 Å². The number of anilines is 1. The number of fused-ring (bicyclic) bond motifs is 5. The van der Waals surface area contributed by atoms with Crippen LogP contribution in [0.5, 0.6) is 5.75 Å². The predicted molar refractivity (Wildman–Crippen MR) is 203 cm³/mol. The molecule has 0 unspecified atom stereocenters. The van der Waals surface area contributed by atoms with Gasteiger partial charge in [0.2, 0.25) is 11.4 Å². The van der Waals surface area contributed by atoms with Gasteiger partial charge in [0, 0.05) is 34.7 Å². The quantitative estimate of drug-likeness (QED) is 0.0947. The third-order valence-corrected chi connectivity index (χ3v) is 12.5. The van der Waals surface area contributed by atoms with Crippen molar-refractivity contribution in [2.24, 2.45) is 0 Å². The number of ether oxygens (including phenoxy) is 1. The van der Waals surface area contributed by atoms with Crippen LogP contribution in [0, 0.1) is 0 Å². The van der Waals surface area contributed by atoms with Gasteiger partial charge < -0.3 is 9.64 Å². The van der Waals surface area contributed by atoms with Crippen LogP contribution in [0.2, 0.25) is 0 Å². The lowest BCUT2D eigenvalue weighted by molar-refractivity contribution is -0.667. The summed E-state index contributed by atoms with van der Waals surface area (Å²) in [7, 11) is -8.26. The molecule has 0 aliphatic carbocycles. The summed E-state index contributed by atoms with van der Waals surface area (Å²) in [6.07, 6.45) is 5.11. The lowest BCUT2D eigenvalue weighted by Crippen LogP contribution is -2.36. The van der Waals surface area contributed by atoms with Crippen LogP contribution in [-0.2, 0) is 26.8 Å². The SMILES string of the molecule is CCC(/C=C1\Oc2ccc(-c3cc4ccccc4s3)cc2N1CCCS(=O)(=O)O)=C\c1sc2ccc3ccccc3c2[n+]1CCCS(=O)(=O)O. The average Bonchev–Trinajstić information content (AvgIpc) is 3.76. The minimum atomic E-state index is -4.15. The van der Waals surface area contributed by atoms with Crippen molar-refractivity contribution >= 4 is 85.7 Å². The van der Waals surface area contributed by atoms with Gasteiger partial charge in [-0.05, 0) is 77.2 Å². The van der Waals surface area contributed by atoms with Gasteiger partial charge >= 0.3 is 0 Å². The summed E-state index contributed by atoms with van der Waals surface area (Å²) in [4.78, 5) is 3.06. The largest absolute Gasteiger partial charge is 0.439 e. The number of allylic oxidation sites excluding steroid dienone is 2. The molecule has 0 radical (unpaired) electrons. The Morgan fingerprint density at radius 3 is 2.34 bits per heavy atom. The van der Waals surface area contributed by atoms with Crippen LogP contribution in [-0.4, -0.2) is 44.0 Å². The highest BCUT2D eigenvalue weighted by molar-refractivity contribution is 7.86. The summed E-state index contributed by atoms with van der Waals surface area (Å²) in [5, 5.41) is 4.21. The standard InChI is InChI=1S/C37H34N2O7S4/c1-2-25(22-36-39(18-8-20-50(43,44)45)37-29-11-5-3-9-26(29)14-16-33(37)48-36)21-35-38(17-7-19-49(40,41)42)30-23-28(13-15-31(30)46-35)34-24-27-10-4-6-12-32(27)47-34/h3-6,9-16,21-24H,2,7-8,17-20H2,1H3,(H-,40,41,42,43,44,45)/p+1. The first-order valence-corrected chi connectivity index (χ1v) is 21.1. The van der Waals surface area contributed by atoms with Gasteiger partial charge in [-0.3, -0.25) is 9.11 Å². The Bertz CT molecular complexity index is 2500. The van der Waals surface area contributed by atoms with Gasteiger partial charge in [0.25, 0.3) is 25.2 Å². The number of aromatic nitrogens is 1. The molecule has 0 spiro atoms. The molecule has 2 aromatic heterocycles. The molecule has 0 atom stereocenters. The molecule has 258 valence electrons. The predicted octanol–water partition coefficient (Wildman–Crippen LogP) is 8.31. The molecule has 13 heteroatoms. The summed E-state index contributed by atoms with van der Waals surface area (Å²) in [6.45, 7) is 2.73. The molecule has 0 bridgehead atoms. The Kier molecular flexibility index (Phi) is 9.54. The van der Waals surface area contributed by atoms with Crippen molar-refractivity contribution in [3.05, 3.63) is 107 Å². The molecule has 9 nitrogen and oxygen atoms in total. The summed E-state index contributed by atoms with van der Waals surface area (Å²) in [6, 6.07) is 28.6. The highest BCUT2D eigenvalue weighted by atomic mass is 32.2. The van der Waals surface area contributed by atoms with E-state index in [4.69, 9.17) is 4.74 Å². The number of benzene rings is 4. The number of thiazole rings is 1. The van der Waals surface area contributed by atoms with Gasteiger partial charge in [0.05, 0.1) is 22.6 Å². The van der Waals surface area contributed by atoms with Gasteiger partial charge in [-0.2, -0.15) is 21.4 Å². The lowest BCUT2D eigenvalue weighted by atomic mass is 10.1. The van der Waals surface area contributed by atoms with Crippen molar-refractivity contribution in [2.75, 3.05) is 23.0 Å². The Balaban J connectivity index is 1.28. The summed E-state index contributed by atoms with van der Waals surface area (Å²) in [5.41, 5.74) is 3.77. The van der Waals surface area contributed by atoms with Crippen LogP contribution in [0.15, 0.2) is 102 Å². The molecule has 6 aromatic rings. The number of thiophene rings is 1. The number of hydrogen-bond donors (Lipinski definition) is 2. The fourth-order valence-corrected chi connectivity index (χ4v) is 9.52. The fraction of sp³-hybridized carbons (Fsp3) is 0.216. The molecule has 0 saturated carbocycles. The first-order chi connectivity index (χ1) is 24.0. The van der Waals surface area contributed by atoms with Crippen LogP contribution >= 0.6 is 22.7 Å². The van der Waals surface area contributed by atoms with Crippen molar-refractivity contribution < 1.29 is 35.2 Å². The molecule has 2 N–H and O–H groups in total. The number of aryl methyl sites for hydroxylation is 1. The Labute approximate surface area is 298 Å². The molecule has 0 amide bonds. The minimum absolute atomic E-state index is 0.189. The third-order valence-electron chi connectivity index (χ3n) is 8.65. The van der Waals surface area contributed by atoms with Gasteiger partial charge in [-0.25, -0.2) is 0 Å². The van der Waals surface area contributed by atoms with Gasteiger partial charge in [0.15, 0.2) is 12.3 Å². The van der Waals surface area contributed by atoms with Crippen molar-refractivity contribution in [3.8, 4) is 16.2 Å². The average molecular weight is 748 g/mol. The number of nitrogens with zero attached hydrogens (tertiary/aromatic N) is 2. The van der Waals surface area contributed by atoms with E-state index >= 15 is 0 Å². The molecular formula is C37H35N2O7S4+. The van der Waals surface area contributed by atoms with Crippen LogP contribution < -0.4 is 14.2 Å². The zero-order valence-electron chi connectivity index (χ0n) is 27.2. The van der Waals surface area contributed by atoms with Gasteiger partial charge in [-0.1, -0.05) is 60.7 Å². The first kappa shape index (κ1) is 34.3. The minimum Gasteiger partial charge on any atom is -0.439 e. The van der Waals surface area contributed by atoms with Crippen molar-refractivity contribution in [1.82, 2.24) is 0 Å². The van der Waals surface area contributed by atoms with E-state index in [0.29, 0.717) is 31.1 Å². The maximum Gasteiger partial charge on any atom is 0.265 e. The van der Waals surface area contributed by atoms with Crippen molar-refractivity contribution in [3.63, 3.8) is 0 Å². The molecule has 0 saturated heterocycles. The van der Waals surface area contributed by atoms with Crippen LogP contribution in [0.1, 0.15) is 31.2 Å². The Morgan fingerprint density at radius 2 is 1.58 bits per heavy atom. The van der Waals surface area contributed by atoms with E-state index in [2.05, 4.69) is 53.1 Å². The van der Waals surface area contributed by atoms with E-state index in [1.165, 1.54) is 4.70 Å². The van der Waals surface area contributed by atoms with Crippen LogP contribution in [0.4, 0.5) is 5.69 Å². The molecular weight excluding hydrogens is 713 g/mol.